The highest BCUT2D eigenvalue weighted by atomic mass is 16.5. The van der Waals surface area contributed by atoms with E-state index in [9.17, 15) is 9.59 Å². The van der Waals surface area contributed by atoms with Gasteiger partial charge in [0.1, 0.15) is 22.8 Å². The Morgan fingerprint density at radius 3 is 2.33 bits per heavy atom. The molecule has 2 aromatic rings. The van der Waals surface area contributed by atoms with Crippen molar-refractivity contribution in [3.05, 3.63) is 58.0 Å². The zero-order chi connectivity index (χ0) is 19.4. The summed E-state index contributed by atoms with van der Waals surface area (Å²) in [5.41, 5.74) is 1.65. The quantitative estimate of drug-likeness (QED) is 0.874. The summed E-state index contributed by atoms with van der Waals surface area (Å²) in [5.74, 6) is 1.67. The van der Waals surface area contributed by atoms with Crippen LogP contribution in [0.15, 0.2) is 41.3 Å². The monoisotopic (exact) mass is 370 g/mol. The van der Waals surface area contributed by atoms with Crippen molar-refractivity contribution in [3.63, 3.8) is 0 Å². The van der Waals surface area contributed by atoms with Crippen molar-refractivity contribution in [2.24, 2.45) is 0 Å². The van der Waals surface area contributed by atoms with E-state index >= 15 is 0 Å². The fraction of sp³-hybridized carbons (Fsp3) is 0.300. The zero-order valence-electron chi connectivity index (χ0n) is 15.6. The smallest absolute Gasteiger partial charge is 0.260 e. The van der Waals surface area contributed by atoms with Crippen molar-refractivity contribution >= 4 is 11.5 Å². The summed E-state index contributed by atoms with van der Waals surface area (Å²) in [4.78, 5) is 28.6. The predicted octanol–water partition coefficient (Wildman–Crippen LogP) is 2.33. The van der Waals surface area contributed by atoms with E-state index in [0.29, 0.717) is 36.8 Å². The van der Waals surface area contributed by atoms with Gasteiger partial charge in [0, 0.05) is 31.4 Å². The van der Waals surface area contributed by atoms with Crippen LogP contribution >= 0.6 is 0 Å². The number of H-pyrrole nitrogens is 1. The normalized spacial score (nSPS) is 13.7. The highest BCUT2D eigenvalue weighted by Gasteiger charge is 2.24. The number of hydrogen-bond acceptors (Lipinski definition) is 5. The lowest BCUT2D eigenvalue weighted by Crippen LogP contribution is -2.37. The van der Waals surface area contributed by atoms with E-state index in [-0.39, 0.29) is 17.0 Å². The molecule has 1 aromatic carbocycles. The Morgan fingerprint density at radius 1 is 1.11 bits per heavy atom. The van der Waals surface area contributed by atoms with Crippen LogP contribution in [0, 0.1) is 0 Å². The molecule has 0 saturated heterocycles. The van der Waals surface area contributed by atoms with Gasteiger partial charge in [-0.15, -0.1) is 0 Å². The van der Waals surface area contributed by atoms with Gasteiger partial charge < -0.3 is 24.1 Å². The Balaban J connectivity index is 1.88. The third kappa shape index (κ3) is 3.67. The maximum Gasteiger partial charge on any atom is 0.260 e. The molecule has 142 valence electrons. The van der Waals surface area contributed by atoms with Gasteiger partial charge in [-0.25, -0.2) is 0 Å². The molecule has 1 aliphatic rings. The van der Waals surface area contributed by atoms with Gasteiger partial charge in [-0.3, -0.25) is 9.59 Å². The Bertz CT molecular complexity index is 907. The number of pyridine rings is 1. The Morgan fingerprint density at radius 2 is 1.81 bits per heavy atom. The first-order chi connectivity index (χ1) is 13.1. The summed E-state index contributed by atoms with van der Waals surface area (Å²) in [7, 11) is 4.78. The summed E-state index contributed by atoms with van der Waals surface area (Å²) in [6, 6.07) is 6.79. The van der Waals surface area contributed by atoms with E-state index in [4.69, 9.17) is 14.2 Å². The summed E-state index contributed by atoms with van der Waals surface area (Å²) in [6.45, 7) is 0.901. The molecule has 2 heterocycles. The van der Waals surface area contributed by atoms with E-state index in [2.05, 4.69) is 4.98 Å². The van der Waals surface area contributed by atoms with E-state index < -0.39 is 0 Å². The molecule has 0 aliphatic carbocycles. The van der Waals surface area contributed by atoms with E-state index in [1.807, 2.05) is 6.08 Å². The number of methoxy groups -OCH3 is 3. The number of ether oxygens (including phenoxy) is 3. The summed E-state index contributed by atoms with van der Waals surface area (Å²) >= 11 is 0. The maximum absolute atomic E-state index is 12.6. The van der Waals surface area contributed by atoms with Crippen molar-refractivity contribution in [3.8, 4) is 17.2 Å². The summed E-state index contributed by atoms with van der Waals surface area (Å²) < 4.78 is 16.3. The minimum atomic E-state index is -0.379. The van der Waals surface area contributed by atoms with Crippen LogP contribution in [0.1, 0.15) is 22.3 Å². The van der Waals surface area contributed by atoms with Crippen molar-refractivity contribution in [2.75, 3.05) is 34.4 Å². The number of aromatic nitrogens is 1. The van der Waals surface area contributed by atoms with Crippen LogP contribution in [0.3, 0.4) is 0 Å². The van der Waals surface area contributed by atoms with Crippen LogP contribution in [-0.4, -0.2) is 50.2 Å². The van der Waals surface area contributed by atoms with Crippen molar-refractivity contribution in [1.29, 1.82) is 0 Å². The molecule has 1 aliphatic heterocycles. The second-order valence-electron chi connectivity index (χ2n) is 6.05. The van der Waals surface area contributed by atoms with Crippen molar-refractivity contribution < 1.29 is 19.0 Å². The molecule has 0 atom stereocenters. The molecule has 3 rings (SSSR count). The fourth-order valence-electron chi connectivity index (χ4n) is 3.16. The number of nitrogens with one attached hydrogen (secondary N) is 1. The molecule has 27 heavy (non-hydrogen) atoms. The fourth-order valence-corrected chi connectivity index (χ4v) is 3.16. The van der Waals surface area contributed by atoms with Gasteiger partial charge in [0.25, 0.3) is 11.5 Å². The maximum atomic E-state index is 12.6. The minimum absolute atomic E-state index is 0.147. The largest absolute Gasteiger partial charge is 0.496 e. The van der Waals surface area contributed by atoms with Crippen LogP contribution < -0.4 is 19.8 Å². The highest BCUT2D eigenvalue weighted by molar-refractivity contribution is 5.94. The molecule has 0 fully saturated rings. The van der Waals surface area contributed by atoms with E-state index in [1.165, 1.54) is 12.3 Å². The Labute approximate surface area is 157 Å². The number of carbonyl (C=O) groups is 1. The first-order valence-electron chi connectivity index (χ1n) is 8.55. The standard InChI is InChI=1S/C20H22N2O5/c1-25-14-11-16(26-2)18(17(12-14)27-3)13-6-9-22(10-7-13)20(24)15-5-4-8-21-19(15)23/h4-6,8,11-12H,7,9-10H2,1-3H3,(H,21,23). The Kier molecular flexibility index (Phi) is 5.49. The molecule has 7 heteroatoms. The van der Waals surface area contributed by atoms with E-state index in [1.54, 1.807) is 44.4 Å². The number of benzene rings is 1. The van der Waals surface area contributed by atoms with E-state index in [0.717, 1.165) is 11.1 Å². The van der Waals surface area contributed by atoms with Crippen LogP contribution in [-0.2, 0) is 0 Å². The third-order valence-electron chi connectivity index (χ3n) is 4.58. The molecule has 1 N–H and O–H groups in total. The van der Waals surface area contributed by atoms with Crippen LogP contribution in [0.2, 0.25) is 0 Å². The zero-order valence-corrected chi connectivity index (χ0v) is 15.6. The summed E-state index contributed by atoms with van der Waals surface area (Å²) in [6.07, 6.45) is 4.09. The highest BCUT2D eigenvalue weighted by Crippen LogP contribution is 2.40. The predicted molar refractivity (Wildman–Crippen MR) is 102 cm³/mol. The van der Waals surface area contributed by atoms with Gasteiger partial charge in [0.15, 0.2) is 0 Å². The average Bonchev–Trinajstić information content (AvgIpc) is 2.72. The van der Waals surface area contributed by atoms with Gasteiger partial charge in [0.05, 0.1) is 26.9 Å². The van der Waals surface area contributed by atoms with Gasteiger partial charge in [-0.2, -0.15) is 0 Å². The Hall–Kier alpha value is -3.22. The molecule has 7 nitrogen and oxygen atoms in total. The lowest BCUT2D eigenvalue weighted by Gasteiger charge is -2.27. The van der Waals surface area contributed by atoms with Crippen LogP contribution in [0.5, 0.6) is 17.2 Å². The minimum Gasteiger partial charge on any atom is -0.496 e. The number of aromatic amines is 1. The van der Waals surface area contributed by atoms with Gasteiger partial charge in [-0.1, -0.05) is 6.08 Å². The number of rotatable bonds is 5. The molecular weight excluding hydrogens is 348 g/mol. The topological polar surface area (TPSA) is 80.9 Å². The molecule has 1 amide bonds. The molecule has 1 aromatic heterocycles. The lowest BCUT2D eigenvalue weighted by molar-refractivity contribution is 0.0771. The SMILES string of the molecule is COc1cc(OC)c(C2=CCN(C(=O)c3ccc[nH]c3=O)CC2)c(OC)c1. The molecule has 0 bridgehead atoms. The number of nitrogens with zero attached hydrogens (tertiary/aromatic N) is 1. The van der Waals surface area contributed by atoms with Crippen LogP contribution in [0.25, 0.3) is 5.57 Å². The average molecular weight is 370 g/mol. The first-order valence-corrected chi connectivity index (χ1v) is 8.55. The number of hydrogen-bond donors (Lipinski definition) is 1. The number of amides is 1. The molecule has 0 unspecified atom stereocenters. The molecular formula is C20H22N2O5. The van der Waals surface area contributed by atoms with Gasteiger partial charge in [0.2, 0.25) is 0 Å². The van der Waals surface area contributed by atoms with Crippen LogP contribution in [0.4, 0.5) is 0 Å². The summed E-state index contributed by atoms with van der Waals surface area (Å²) in [5, 5.41) is 0. The van der Waals surface area contributed by atoms with Crippen molar-refractivity contribution in [1.82, 2.24) is 9.88 Å². The second kappa shape index (κ2) is 7.99. The molecule has 0 saturated carbocycles. The lowest BCUT2D eigenvalue weighted by atomic mass is 9.97. The first kappa shape index (κ1) is 18.6. The number of carbonyl (C=O) groups excluding carboxylic acids is 1. The van der Waals surface area contributed by atoms with Crippen molar-refractivity contribution in [2.45, 2.75) is 6.42 Å². The molecule has 0 spiro atoms. The van der Waals surface area contributed by atoms with Gasteiger partial charge >= 0.3 is 0 Å². The van der Waals surface area contributed by atoms with Gasteiger partial charge in [-0.05, 0) is 24.1 Å². The second-order valence-corrected chi connectivity index (χ2v) is 6.05. The third-order valence-corrected chi connectivity index (χ3v) is 4.58. The molecule has 0 radical (unpaired) electrons.